The van der Waals surface area contributed by atoms with E-state index in [0.717, 1.165) is 10.4 Å². The van der Waals surface area contributed by atoms with Crippen molar-refractivity contribution in [3.8, 4) is 11.5 Å². The second kappa shape index (κ2) is 6.56. The summed E-state index contributed by atoms with van der Waals surface area (Å²) < 4.78 is 13.4. The van der Waals surface area contributed by atoms with Crippen molar-refractivity contribution in [3.05, 3.63) is 51.9 Å². The summed E-state index contributed by atoms with van der Waals surface area (Å²) in [6.07, 6.45) is 1.55. The fourth-order valence-corrected chi connectivity index (χ4v) is 4.17. The third-order valence-corrected chi connectivity index (χ3v) is 5.68. The molecule has 0 atom stereocenters. The van der Waals surface area contributed by atoms with Crippen LogP contribution in [-0.2, 0) is 6.54 Å². The Morgan fingerprint density at radius 2 is 2.03 bits per heavy atom. The van der Waals surface area contributed by atoms with Crippen molar-refractivity contribution < 1.29 is 14.3 Å². The van der Waals surface area contributed by atoms with Gasteiger partial charge in [-0.05, 0) is 26.0 Å². The van der Waals surface area contributed by atoms with Crippen molar-refractivity contribution in [1.29, 1.82) is 0 Å². The molecule has 0 aliphatic carbocycles. The molecule has 0 saturated carbocycles. The Labute approximate surface area is 168 Å². The Kier molecular flexibility index (Phi) is 3.99. The highest BCUT2D eigenvalue weighted by Crippen LogP contribution is 2.39. The molecule has 146 valence electrons. The quantitative estimate of drug-likeness (QED) is 0.559. The molecule has 1 aliphatic heterocycles. The van der Waals surface area contributed by atoms with Gasteiger partial charge in [0.1, 0.15) is 11.2 Å². The predicted molar refractivity (Wildman–Crippen MR) is 110 cm³/mol. The zero-order chi connectivity index (χ0) is 20.1. The summed E-state index contributed by atoms with van der Waals surface area (Å²) in [5, 5.41) is 3.56. The molecule has 1 N–H and O–H groups in total. The molecule has 0 saturated heterocycles. The Morgan fingerprint density at radius 1 is 1.24 bits per heavy atom. The number of aromatic nitrogens is 3. The number of anilines is 1. The first-order chi connectivity index (χ1) is 14.0. The summed E-state index contributed by atoms with van der Waals surface area (Å²) in [5.74, 6) is 0.782. The monoisotopic (exact) mass is 408 g/mol. The molecule has 1 aliphatic rings. The highest BCUT2D eigenvalue weighted by atomic mass is 32.1. The largest absolute Gasteiger partial charge is 0.454 e. The fourth-order valence-electron chi connectivity index (χ4n) is 3.30. The van der Waals surface area contributed by atoms with E-state index in [4.69, 9.17) is 9.47 Å². The minimum Gasteiger partial charge on any atom is -0.454 e. The summed E-state index contributed by atoms with van der Waals surface area (Å²) in [6, 6.07) is 7.08. The smallest absolute Gasteiger partial charge is 0.262 e. The van der Waals surface area contributed by atoms with Gasteiger partial charge in [-0.3, -0.25) is 14.9 Å². The van der Waals surface area contributed by atoms with E-state index < -0.39 is 5.91 Å². The van der Waals surface area contributed by atoms with Crippen LogP contribution in [0.25, 0.3) is 21.3 Å². The van der Waals surface area contributed by atoms with Crippen LogP contribution in [-0.4, -0.2) is 27.2 Å². The van der Waals surface area contributed by atoms with Crippen LogP contribution in [0.15, 0.2) is 35.3 Å². The molecule has 0 fully saturated rings. The van der Waals surface area contributed by atoms with Crippen LogP contribution in [0.2, 0.25) is 0 Å². The lowest BCUT2D eigenvalue weighted by molar-refractivity contribution is 0.102. The lowest BCUT2D eigenvalue weighted by atomic mass is 10.1. The topological polar surface area (TPSA) is 95.3 Å². The van der Waals surface area contributed by atoms with Gasteiger partial charge in [0.15, 0.2) is 16.6 Å². The molecule has 0 unspecified atom stereocenters. The van der Waals surface area contributed by atoms with Crippen LogP contribution in [0.5, 0.6) is 11.5 Å². The van der Waals surface area contributed by atoms with Crippen LogP contribution in [0.3, 0.4) is 0 Å². The van der Waals surface area contributed by atoms with Crippen LogP contribution in [0.1, 0.15) is 23.0 Å². The number of nitrogens with one attached hydrogen (secondary N) is 1. The first-order valence-electron chi connectivity index (χ1n) is 9.06. The minimum absolute atomic E-state index is 0.0541. The molecule has 0 radical (unpaired) electrons. The average Bonchev–Trinajstić information content (AvgIpc) is 3.31. The molecule has 29 heavy (non-hydrogen) atoms. The van der Waals surface area contributed by atoms with E-state index in [9.17, 15) is 9.59 Å². The average molecular weight is 408 g/mol. The SMILES string of the molecule is CCn1cc(C(=O)Nc2nc3cc4c(cc3s2)OCO4)c(=O)c2ccc(C)nc21. The maximum absolute atomic E-state index is 12.9. The Hall–Kier alpha value is -3.46. The number of hydrogen-bond donors (Lipinski definition) is 1. The third kappa shape index (κ3) is 2.90. The van der Waals surface area contributed by atoms with Crippen molar-refractivity contribution in [2.75, 3.05) is 12.1 Å². The molecule has 8 nitrogen and oxygen atoms in total. The summed E-state index contributed by atoms with van der Waals surface area (Å²) in [6.45, 7) is 4.58. The summed E-state index contributed by atoms with van der Waals surface area (Å²) in [4.78, 5) is 34.6. The summed E-state index contributed by atoms with van der Waals surface area (Å²) in [5.41, 5.74) is 1.78. The van der Waals surface area contributed by atoms with Gasteiger partial charge in [-0.25, -0.2) is 9.97 Å². The van der Waals surface area contributed by atoms with Crippen molar-refractivity contribution >= 4 is 43.6 Å². The van der Waals surface area contributed by atoms with E-state index in [0.29, 0.717) is 39.7 Å². The summed E-state index contributed by atoms with van der Waals surface area (Å²) in [7, 11) is 0. The number of thiazole rings is 1. The van der Waals surface area contributed by atoms with Crippen LogP contribution < -0.4 is 20.2 Å². The zero-order valence-corrected chi connectivity index (χ0v) is 16.5. The number of aryl methyl sites for hydroxylation is 2. The standard InChI is InChI=1S/C20H16N4O4S/c1-3-24-8-12(17(25)11-5-4-10(2)21-18(11)24)19(26)23-20-22-13-6-14-15(28-9-27-14)7-16(13)29-20/h4-8H,3,9H2,1-2H3,(H,22,23,26). The van der Waals surface area contributed by atoms with Crippen molar-refractivity contribution in [3.63, 3.8) is 0 Å². The third-order valence-electron chi connectivity index (χ3n) is 4.75. The number of hydrogen-bond acceptors (Lipinski definition) is 7. The van der Waals surface area contributed by atoms with E-state index >= 15 is 0 Å². The molecular weight excluding hydrogens is 392 g/mol. The zero-order valence-electron chi connectivity index (χ0n) is 15.7. The molecule has 0 bridgehead atoms. The summed E-state index contributed by atoms with van der Waals surface area (Å²) >= 11 is 1.31. The number of pyridine rings is 2. The van der Waals surface area contributed by atoms with E-state index in [-0.39, 0.29) is 17.8 Å². The van der Waals surface area contributed by atoms with E-state index in [1.165, 1.54) is 11.3 Å². The van der Waals surface area contributed by atoms with Gasteiger partial charge in [0.05, 0.1) is 15.6 Å². The number of nitrogens with zero attached hydrogens (tertiary/aromatic N) is 3. The number of carbonyl (C=O) groups excluding carboxylic acids is 1. The van der Waals surface area contributed by atoms with Gasteiger partial charge in [-0.1, -0.05) is 11.3 Å². The molecule has 1 amide bonds. The van der Waals surface area contributed by atoms with E-state index in [1.807, 2.05) is 19.9 Å². The van der Waals surface area contributed by atoms with Gasteiger partial charge in [-0.2, -0.15) is 0 Å². The molecule has 0 spiro atoms. The number of amides is 1. The van der Waals surface area contributed by atoms with Crippen LogP contribution in [0.4, 0.5) is 5.13 Å². The molecule has 3 aromatic heterocycles. The fraction of sp³-hybridized carbons (Fsp3) is 0.200. The number of benzene rings is 1. The second-order valence-corrected chi connectivity index (χ2v) is 7.66. The predicted octanol–water partition coefficient (Wildman–Crippen LogP) is 3.32. The molecule has 4 aromatic rings. The number of fused-ring (bicyclic) bond motifs is 3. The lowest BCUT2D eigenvalue weighted by Gasteiger charge is -2.11. The van der Waals surface area contributed by atoms with E-state index in [2.05, 4.69) is 15.3 Å². The van der Waals surface area contributed by atoms with Gasteiger partial charge in [0, 0.05) is 30.6 Å². The van der Waals surface area contributed by atoms with E-state index in [1.54, 1.807) is 29.0 Å². The Balaban J connectivity index is 1.53. The van der Waals surface area contributed by atoms with Crippen molar-refractivity contribution in [1.82, 2.24) is 14.5 Å². The lowest BCUT2D eigenvalue weighted by Crippen LogP contribution is -2.24. The van der Waals surface area contributed by atoms with Crippen molar-refractivity contribution in [2.24, 2.45) is 0 Å². The highest BCUT2D eigenvalue weighted by Gasteiger charge is 2.20. The van der Waals surface area contributed by atoms with Crippen LogP contribution in [0, 0.1) is 6.92 Å². The number of rotatable bonds is 3. The highest BCUT2D eigenvalue weighted by molar-refractivity contribution is 7.22. The van der Waals surface area contributed by atoms with Gasteiger partial charge in [-0.15, -0.1) is 0 Å². The van der Waals surface area contributed by atoms with Crippen LogP contribution >= 0.6 is 11.3 Å². The molecule has 1 aromatic carbocycles. The minimum atomic E-state index is -0.501. The molecule has 4 heterocycles. The Bertz CT molecular complexity index is 1320. The van der Waals surface area contributed by atoms with Gasteiger partial charge in [0.25, 0.3) is 5.91 Å². The maximum atomic E-state index is 12.9. The maximum Gasteiger partial charge on any atom is 0.262 e. The number of ether oxygens (including phenoxy) is 2. The van der Waals surface area contributed by atoms with Crippen molar-refractivity contribution in [2.45, 2.75) is 20.4 Å². The molecule has 5 rings (SSSR count). The van der Waals surface area contributed by atoms with Gasteiger partial charge >= 0.3 is 0 Å². The van der Waals surface area contributed by atoms with Gasteiger partial charge < -0.3 is 14.0 Å². The first kappa shape index (κ1) is 17.6. The van der Waals surface area contributed by atoms with Gasteiger partial charge in [0.2, 0.25) is 12.2 Å². The number of carbonyl (C=O) groups is 1. The molecular formula is C20H16N4O4S. The second-order valence-electron chi connectivity index (χ2n) is 6.63. The Morgan fingerprint density at radius 3 is 2.83 bits per heavy atom. The first-order valence-corrected chi connectivity index (χ1v) is 9.87. The normalized spacial score (nSPS) is 12.6. The molecule has 9 heteroatoms.